The second-order valence-corrected chi connectivity index (χ2v) is 9.55. The van der Waals surface area contributed by atoms with Gasteiger partial charge in [0.05, 0.1) is 12.3 Å². The van der Waals surface area contributed by atoms with Crippen molar-refractivity contribution in [2.75, 3.05) is 49.9 Å². The summed E-state index contributed by atoms with van der Waals surface area (Å²) < 4.78 is 9.08. The van der Waals surface area contributed by atoms with Gasteiger partial charge >= 0.3 is 0 Å². The van der Waals surface area contributed by atoms with Gasteiger partial charge in [0.2, 0.25) is 5.91 Å². The zero-order chi connectivity index (χ0) is 27.3. The van der Waals surface area contributed by atoms with Crippen LogP contribution in [0, 0.1) is 13.8 Å². The lowest BCUT2D eigenvalue weighted by Crippen LogP contribution is -2.45. The van der Waals surface area contributed by atoms with Crippen LogP contribution < -0.4 is 26.6 Å². The normalized spacial score (nSPS) is 11.6. The molecule has 0 aliphatic rings. The van der Waals surface area contributed by atoms with Crippen molar-refractivity contribution in [2.24, 2.45) is 5.73 Å². The van der Waals surface area contributed by atoms with Gasteiger partial charge in [0.25, 0.3) is 11.8 Å². The van der Waals surface area contributed by atoms with Crippen LogP contribution in [0.4, 0.5) is 17.1 Å². The summed E-state index contributed by atoms with van der Waals surface area (Å²) in [6.07, 6.45) is 0. The highest BCUT2D eigenvalue weighted by Gasteiger charge is 2.36. The molecule has 1 heterocycles. The van der Waals surface area contributed by atoms with Crippen molar-refractivity contribution in [1.82, 2.24) is 9.69 Å². The highest BCUT2D eigenvalue weighted by Crippen LogP contribution is 2.35. The largest absolute Gasteiger partial charge is 0.395 e. The minimum Gasteiger partial charge on any atom is -0.395 e. The molecule has 0 aliphatic heterocycles. The molecule has 2 aromatic carbocycles. The number of hydrogen-bond donors (Lipinski definition) is 3. The fraction of sp³-hybridized carbons (Fsp3) is 0.308. The zero-order valence-electron chi connectivity index (χ0n) is 21.6. The van der Waals surface area contributed by atoms with Crippen LogP contribution in [0.5, 0.6) is 0 Å². The molecule has 0 aliphatic carbocycles. The summed E-state index contributed by atoms with van der Waals surface area (Å²) in [6, 6.07) is 11.9. The Morgan fingerprint density at radius 2 is 1.78 bits per heavy atom. The van der Waals surface area contributed by atoms with Gasteiger partial charge in [-0.1, -0.05) is 29.8 Å². The second kappa shape index (κ2) is 11.8. The molecule has 1 atom stereocenters. The first kappa shape index (κ1) is 27.6. The third-order valence-electron chi connectivity index (χ3n) is 5.82. The maximum atomic E-state index is 14.1. The van der Waals surface area contributed by atoms with Crippen molar-refractivity contribution >= 4 is 46.3 Å². The molecule has 37 heavy (non-hydrogen) atoms. The maximum Gasteiger partial charge on any atom is 0.273 e. The number of hydrogen-bond acceptors (Lipinski definition) is 8. The molecule has 0 radical (unpaired) electrons. The molecule has 11 heteroatoms. The highest BCUT2D eigenvalue weighted by atomic mass is 32.1. The average molecular weight is 525 g/mol. The number of primary amides is 1. The van der Waals surface area contributed by atoms with Crippen LogP contribution >= 0.6 is 11.5 Å². The Bertz CT molecular complexity index is 1290. The number of methoxy groups -OCH3 is 1. The van der Waals surface area contributed by atoms with E-state index in [1.54, 1.807) is 6.07 Å². The van der Waals surface area contributed by atoms with Crippen molar-refractivity contribution in [3.8, 4) is 0 Å². The summed E-state index contributed by atoms with van der Waals surface area (Å²) in [6.45, 7) is 4.37. The van der Waals surface area contributed by atoms with Crippen LogP contribution in [0.25, 0.3) is 0 Å². The Labute approximate surface area is 220 Å². The van der Waals surface area contributed by atoms with E-state index in [9.17, 15) is 14.4 Å². The van der Waals surface area contributed by atoms with Gasteiger partial charge in [0.1, 0.15) is 10.9 Å². The first-order valence-electron chi connectivity index (χ1n) is 11.6. The van der Waals surface area contributed by atoms with Gasteiger partial charge in [-0.2, -0.15) is 4.37 Å². The number of nitrogen functional groups attached to an aromatic ring is 1. The van der Waals surface area contributed by atoms with Crippen molar-refractivity contribution in [2.45, 2.75) is 19.9 Å². The minimum atomic E-state index is -1.06. The Balaban J connectivity index is 2.22. The standard InChI is InChI=1S/C26H32N6O4S/c1-15-6-11-19(16(2)14-15)32(26(35)23-20(27)21(24(28)33)30-37-23)22(25(34)29-12-13-36-5)17-7-9-18(10-8-17)31(3)4/h6-11,14,22H,12-13,27H2,1-5H3,(H2,28,33)(H,29,34)/t22-/m1/s1. The van der Waals surface area contributed by atoms with Crippen molar-refractivity contribution < 1.29 is 19.1 Å². The van der Waals surface area contributed by atoms with Crippen LogP contribution in [0.3, 0.4) is 0 Å². The predicted octanol–water partition coefficient (Wildman–Crippen LogP) is 2.66. The fourth-order valence-corrected chi connectivity index (χ4v) is 4.67. The predicted molar refractivity (Wildman–Crippen MR) is 146 cm³/mol. The number of benzene rings is 2. The van der Waals surface area contributed by atoms with E-state index in [1.807, 2.05) is 69.2 Å². The summed E-state index contributed by atoms with van der Waals surface area (Å²) in [4.78, 5) is 42.9. The van der Waals surface area contributed by atoms with Crippen LogP contribution in [0.1, 0.15) is 42.9 Å². The lowest BCUT2D eigenvalue weighted by molar-refractivity contribution is -0.122. The van der Waals surface area contributed by atoms with Crippen molar-refractivity contribution in [1.29, 1.82) is 0 Å². The number of nitrogens with one attached hydrogen (secondary N) is 1. The van der Waals surface area contributed by atoms with Gasteiger partial charge in [-0.05, 0) is 54.7 Å². The molecule has 0 bridgehead atoms. The lowest BCUT2D eigenvalue weighted by atomic mass is 10.00. The molecule has 0 saturated carbocycles. The van der Waals surface area contributed by atoms with E-state index in [0.717, 1.165) is 28.3 Å². The van der Waals surface area contributed by atoms with Gasteiger partial charge in [-0.3, -0.25) is 19.3 Å². The Morgan fingerprint density at radius 1 is 1.11 bits per heavy atom. The van der Waals surface area contributed by atoms with Gasteiger partial charge < -0.3 is 26.4 Å². The molecular weight excluding hydrogens is 492 g/mol. The number of ether oxygens (including phenoxy) is 1. The molecule has 3 rings (SSSR count). The Morgan fingerprint density at radius 3 is 2.32 bits per heavy atom. The summed E-state index contributed by atoms with van der Waals surface area (Å²) in [5.41, 5.74) is 15.0. The molecule has 196 valence electrons. The first-order valence-corrected chi connectivity index (χ1v) is 12.3. The van der Waals surface area contributed by atoms with E-state index >= 15 is 0 Å². The molecular formula is C26H32N6O4S. The fourth-order valence-electron chi connectivity index (χ4n) is 3.93. The molecule has 0 fully saturated rings. The Kier molecular flexibility index (Phi) is 8.85. The molecule has 10 nitrogen and oxygen atoms in total. The Hall–Kier alpha value is -3.96. The molecule has 0 spiro atoms. The number of carbonyl (C=O) groups is 3. The lowest BCUT2D eigenvalue weighted by Gasteiger charge is -2.32. The van der Waals surface area contributed by atoms with Crippen LogP contribution in [0.15, 0.2) is 42.5 Å². The third-order valence-corrected chi connectivity index (χ3v) is 6.67. The van der Waals surface area contributed by atoms with E-state index in [-0.39, 0.29) is 22.8 Å². The SMILES string of the molecule is COCCNC(=O)[C@@H](c1ccc(N(C)C)cc1)N(C(=O)c1snc(C(N)=O)c1N)c1ccc(C)cc1C. The average Bonchev–Trinajstić information content (AvgIpc) is 3.24. The monoisotopic (exact) mass is 524 g/mol. The summed E-state index contributed by atoms with van der Waals surface area (Å²) >= 11 is 0.771. The third kappa shape index (κ3) is 6.07. The number of amides is 3. The van der Waals surface area contributed by atoms with Crippen LogP contribution in [-0.4, -0.2) is 56.5 Å². The number of nitrogens with zero attached hydrogens (tertiary/aromatic N) is 3. The van der Waals surface area contributed by atoms with Gasteiger partial charge in [-0.15, -0.1) is 0 Å². The quantitative estimate of drug-likeness (QED) is 0.346. The zero-order valence-corrected chi connectivity index (χ0v) is 22.4. The van der Waals surface area contributed by atoms with Crippen LogP contribution in [-0.2, 0) is 9.53 Å². The molecule has 0 saturated heterocycles. The van der Waals surface area contributed by atoms with E-state index < -0.39 is 23.8 Å². The second-order valence-electron chi connectivity index (χ2n) is 8.78. The smallest absolute Gasteiger partial charge is 0.273 e. The van der Waals surface area contributed by atoms with E-state index in [0.29, 0.717) is 17.9 Å². The molecule has 3 aromatic rings. The summed E-state index contributed by atoms with van der Waals surface area (Å²) in [5.74, 6) is -1.81. The van der Waals surface area contributed by atoms with Crippen LogP contribution in [0.2, 0.25) is 0 Å². The number of rotatable bonds is 10. The van der Waals surface area contributed by atoms with Gasteiger partial charge in [0.15, 0.2) is 5.69 Å². The van der Waals surface area contributed by atoms with Gasteiger partial charge in [-0.25, -0.2) is 0 Å². The summed E-state index contributed by atoms with van der Waals surface area (Å²) in [5, 5.41) is 2.86. The number of carbonyl (C=O) groups excluding carboxylic acids is 3. The molecule has 0 unspecified atom stereocenters. The van der Waals surface area contributed by atoms with Crippen molar-refractivity contribution in [3.05, 3.63) is 69.7 Å². The molecule has 5 N–H and O–H groups in total. The number of nitrogens with two attached hydrogens (primary N) is 2. The molecule has 1 aromatic heterocycles. The van der Waals surface area contributed by atoms with E-state index in [2.05, 4.69) is 9.69 Å². The minimum absolute atomic E-state index is 0.0216. The molecule has 3 amide bonds. The highest BCUT2D eigenvalue weighted by molar-refractivity contribution is 7.09. The number of aryl methyl sites for hydroxylation is 2. The van der Waals surface area contributed by atoms with E-state index in [4.69, 9.17) is 16.2 Å². The number of anilines is 3. The van der Waals surface area contributed by atoms with E-state index in [1.165, 1.54) is 12.0 Å². The summed E-state index contributed by atoms with van der Waals surface area (Å²) in [7, 11) is 5.37. The topological polar surface area (TPSA) is 144 Å². The number of aromatic nitrogens is 1. The van der Waals surface area contributed by atoms with Gasteiger partial charge in [0, 0.05) is 39.1 Å². The first-order chi connectivity index (χ1) is 17.6. The maximum absolute atomic E-state index is 14.1. The van der Waals surface area contributed by atoms with Crippen molar-refractivity contribution in [3.63, 3.8) is 0 Å².